The highest BCUT2D eigenvalue weighted by Crippen LogP contribution is 2.35. The Hall–Kier alpha value is -2.91. The zero-order valence-corrected chi connectivity index (χ0v) is 15.1. The molecule has 0 bridgehead atoms. The molecule has 1 aliphatic rings. The van der Waals surface area contributed by atoms with Gasteiger partial charge < -0.3 is 14.8 Å². The van der Waals surface area contributed by atoms with Gasteiger partial charge in [-0.25, -0.2) is 0 Å². The predicted octanol–water partition coefficient (Wildman–Crippen LogP) is 3.09. The molecule has 6 nitrogen and oxygen atoms in total. The van der Waals surface area contributed by atoms with Crippen molar-refractivity contribution in [3.63, 3.8) is 0 Å². The van der Waals surface area contributed by atoms with Gasteiger partial charge in [0.05, 0.1) is 23.9 Å². The third-order valence-corrected chi connectivity index (χ3v) is 4.24. The maximum Gasteiger partial charge on any atom is 0.251 e. The molecule has 0 radical (unpaired) electrons. The molecule has 0 atom stereocenters. The van der Waals surface area contributed by atoms with Crippen LogP contribution < -0.4 is 10.1 Å². The number of hydrogen-bond donors (Lipinski definition) is 1. The molecule has 1 N–H and O–H groups in total. The van der Waals surface area contributed by atoms with Gasteiger partial charge in [-0.15, -0.1) is 0 Å². The molecule has 0 fully saturated rings. The molecular formula is C20H21N3O3. The lowest BCUT2D eigenvalue weighted by Crippen LogP contribution is -2.37. The van der Waals surface area contributed by atoms with Crippen molar-refractivity contribution in [3.05, 3.63) is 58.4 Å². The number of amides is 1. The standard InChI is InChI=1S/C20H21N3O3/c1-4-17-18-16(12-25-20(2,3)26-18)15(10-22-17)11-23-19(24)14-7-5-6-13(8-14)9-21/h5-8,10H,4,11-12H2,1-3H3,(H,23,24). The van der Waals surface area contributed by atoms with Crippen molar-refractivity contribution >= 4 is 5.91 Å². The number of pyridine rings is 1. The van der Waals surface area contributed by atoms with Crippen LogP contribution in [0.15, 0.2) is 30.5 Å². The fourth-order valence-electron chi connectivity index (χ4n) is 2.82. The molecule has 0 aliphatic carbocycles. The Balaban J connectivity index is 1.80. The summed E-state index contributed by atoms with van der Waals surface area (Å²) in [5.74, 6) is -0.187. The monoisotopic (exact) mass is 351 g/mol. The third-order valence-electron chi connectivity index (χ3n) is 4.24. The Kier molecular flexibility index (Phi) is 4.92. The first-order chi connectivity index (χ1) is 12.4. The van der Waals surface area contributed by atoms with Crippen LogP contribution in [0.25, 0.3) is 0 Å². The summed E-state index contributed by atoms with van der Waals surface area (Å²) in [6, 6.07) is 8.64. The highest BCUT2D eigenvalue weighted by Gasteiger charge is 2.31. The Bertz CT molecular complexity index is 884. The van der Waals surface area contributed by atoms with Gasteiger partial charge in [-0.05, 0) is 30.2 Å². The van der Waals surface area contributed by atoms with Crippen LogP contribution in [0.1, 0.15) is 53.5 Å². The number of rotatable bonds is 4. The summed E-state index contributed by atoms with van der Waals surface area (Å²) < 4.78 is 11.7. The normalized spacial score (nSPS) is 14.7. The van der Waals surface area contributed by atoms with E-state index in [1.165, 1.54) is 0 Å². The van der Waals surface area contributed by atoms with E-state index >= 15 is 0 Å². The SMILES string of the molecule is CCc1ncc(CNC(=O)c2cccc(C#N)c2)c2c1OC(C)(C)OC2. The number of carbonyl (C=O) groups excluding carboxylic acids is 1. The number of nitrogens with zero attached hydrogens (tertiary/aromatic N) is 2. The molecule has 134 valence electrons. The smallest absolute Gasteiger partial charge is 0.251 e. The van der Waals surface area contributed by atoms with Crippen LogP contribution in [0.3, 0.4) is 0 Å². The van der Waals surface area contributed by atoms with Crippen LogP contribution in [-0.4, -0.2) is 16.7 Å². The number of nitriles is 1. The van der Waals surface area contributed by atoms with Gasteiger partial charge in [-0.3, -0.25) is 9.78 Å². The molecule has 1 aliphatic heterocycles. The summed E-state index contributed by atoms with van der Waals surface area (Å²) in [4.78, 5) is 16.9. The van der Waals surface area contributed by atoms with E-state index in [1.807, 2.05) is 26.8 Å². The molecule has 2 heterocycles. The second-order valence-electron chi connectivity index (χ2n) is 6.56. The lowest BCUT2D eigenvalue weighted by Gasteiger charge is -2.34. The van der Waals surface area contributed by atoms with Gasteiger partial charge in [0, 0.05) is 37.7 Å². The third kappa shape index (κ3) is 3.68. The highest BCUT2D eigenvalue weighted by atomic mass is 16.7. The van der Waals surface area contributed by atoms with E-state index in [2.05, 4.69) is 10.3 Å². The number of benzene rings is 1. The second-order valence-corrected chi connectivity index (χ2v) is 6.56. The lowest BCUT2D eigenvalue weighted by molar-refractivity contribution is -0.180. The molecule has 3 rings (SSSR count). The highest BCUT2D eigenvalue weighted by molar-refractivity contribution is 5.94. The molecule has 0 unspecified atom stereocenters. The number of hydrogen-bond acceptors (Lipinski definition) is 5. The van der Waals surface area contributed by atoms with Crippen molar-refractivity contribution in [1.29, 1.82) is 5.26 Å². The van der Waals surface area contributed by atoms with E-state index < -0.39 is 5.79 Å². The van der Waals surface area contributed by atoms with Gasteiger partial charge in [0.1, 0.15) is 5.75 Å². The number of carbonyl (C=O) groups is 1. The van der Waals surface area contributed by atoms with E-state index in [1.54, 1.807) is 30.5 Å². The van der Waals surface area contributed by atoms with Crippen molar-refractivity contribution in [2.75, 3.05) is 0 Å². The van der Waals surface area contributed by atoms with E-state index in [0.717, 1.165) is 29.0 Å². The fourth-order valence-corrected chi connectivity index (χ4v) is 2.82. The van der Waals surface area contributed by atoms with Crippen molar-refractivity contribution in [3.8, 4) is 11.8 Å². The summed E-state index contributed by atoms with van der Waals surface area (Å²) >= 11 is 0. The van der Waals surface area contributed by atoms with Crippen LogP contribution in [0.5, 0.6) is 5.75 Å². The maximum absolute atomic E-state index is 12.4. The Morgan fingerprint density at radius 1 is 1.42 bits per heavy atom. The summed E-state index contributed by atoms with van der Waals surface area (Å²) in [5, 5.41) is 11.8. The zero-order chi connectivity index (χ0) is 18.7. The number of ether oxygens (including phenoxy) is 2. The minimum absolute atomic E-state index is 0.242. The first kappa shape index (κ1) is 17.9. The van der Waals surface area contributed by atoms with Crippen LogP contribution in [0, 0.1) is 11.3 Å². The van der Waals surface area contributed by atoms with Crippen molar-refractivity contribution in [1.82, 2.24) is 10.3 Å². The Morgan fingerprint density at radius 3 is 2.96 bits per heavy atom. The molecule has 1 aromatic carbocycles. The summed E-state index contributed by atoms with van der Waals surface area (Å²) in [7, 11) is 0. The topological polar surface area (TPSA) is 84.2 Å². The molecule has 0 saturated heterocycles. The number of aromatic nitrogens is 1. The average molecular weight is 351 g/mol. The average Bonchev–Trinajstić information content (AvgIpc) is 2.64. The van der Waals surface area contributed by atoms with Gasteiger partial charge in [0.2, 0.25) is 5.79 Å². The minimum Gasteiger partial charge on any atom is -0.461 e. The summed E-state index contributed by atoms with van der Waals surface area (Å²) in [6.07, 6.45) is 2.51. The molecule has 2 aromatic rings. The molecule has 0 saturated carbocycles. The summed E-state index contributed by atoms with van der Waals surface area (Å²) in [5.41, 5.74) is 3.56. The lowest BCUT2D eigenvalue weighted by atomic mass is 10.0. The Morgan fingerprint density at radius 2 is 2.23 bits per heavy atom. The predicted molar refractivity (Wildman–Crippen MR) is 95.4 cm³/mol. The second kappa shape index (κ2) is 7.14. The van der Waals surface area contributed by atoms with Crippen LogP contribution in [-0.2, 0) is 24.3 Å². The van der Waals surface area contributed by atoms with E-state index in [0.29, 0.717) is 24.3 Å². The first-order valence-corrected chi connectivity index (χ1v) is 8.54. The molecule has 6 heteroatoms. The van der Waals surface area contributed by atoms with Crippen LogP contribution in [0.4, 0.5) is 0 Å². The number of aryl methyl sites for hydroxylation is 1. The van der Waals surface area contributed by atoms with Gasteiger partial charge in [0.15, 0.2) is 0 Å². The molecule has 0 spiro atoms. The molecular weight excluding hydrogens is 330 g/mol. The first-order valence-electron chi connectivity index (χ1n) is 8.54. The van der Waals surface area contributed by atoms with Gasteiger partial charge in [-0.1, -0.05) is 13.0 Å². The fraction of sp³-hybridized carbons (Fsp3) is 0.350. The number of nitrogens with one attached hydrogen (secondary N) is 1. The van der Waals surface area contributed by atoms with Crippen LogP contribution in [0.2, 0.25) is 0 Å². The number of fused-ring (bicyclic) bond motifs is 1. The van der Waals surface area contributed by atoms with Crippen LogP contribution >= 0.6 is 0 Å². The van der Waals surface area contributed by atoms with Gasteiger partial charge >= 0.3 is 0 Å². The Labute approximate surface area is 152 Å². The zero-order valence-electron chi connectivity index (χ0n) is 15.1. The molecule has 26 heavy (non-hydrogen) atoms. The van der Waals surface area contributed by atoms with Crippen molar-refractivity contribution in [2.24, 2.45) is 0 Å². The largest absolute Gasteiger partial charge is 0.461 e. The van der Waals surface area contributed by atoms with Gasteiger partial charge in [-0.2, -0.15) is 5.26 Å². The molecule has 1 amide bonds. The van der Waals surface area contributed by atoms with Gasteiger partial charge in [0.25, 0.3) is 5.91 Å². The molecule has 1 aromatic heterocycles. The van der Waals surface area contributed by atoms with E-state index in [4.69, 9.17) is 14.7 Å². The maximum atomic E-state index is 12.4. The van der Waals surface area contributed by atoms with E-state index in [-0.39, 0.29) is 5.91 Å². The van der Waals surface area contributed by atoms with E-state index in [9.17, 15) is 4.79 Å². The minimum atomic E-state index is -0.696. The van der Waals surface area contributed by atoms with Crippen molar-refractivity contribution in [2.45, 2.75) is 46.1 Å². The quantitative estimate of drug-likeness (QED) is 0.915. The van der Waals surface area contributed by atoms with Crippen molar-refractivity contribution < 1.29 is 14.3 Å². The summed E-state index contributed by atoms with van der Waals surface area (Å²) in [6.45, 7) is 6.48.